The van der Waals surface area contributed by atoms with Crippen LogP contribution in [0, 0.1) is 5.92 Å². The highest BCUT2D eigenvalue weighted by molar-refractivity contribution is 7.80. The molecule has 102 valence electrons. The summed E-state index contributed by atoms with van der Waals surface area (Å²) in [5.74, 6) is 1.40. The lowest BCUT2D eigenvalue weighted by Gasteiger charge is -2.13. The highest BCUT2D eigenvalue weighted by Gasteiger charge is 2.30. The molecule has 2 N–H and O–H groups in total. The number of rotatable bonds is 4. The van der Waals surface area contributed by atoms with Gasteiger partial charge in [0.05, 0.1) is 19.9 Å². The lowest BCUT2D eigenvalue weighted by Crippen LogP contribution is -2.35. The number of ether oxygens (including phenoxy) is 2. The number of hydrogen-bond donors (Lipinski definition) is 2. The van der Waals surface area contributed by atoms with Gasteiger partial charge in [-0.2, -0.15) is 0 Å². The zero-order valence-corrected chi connectivity index (χ0v) is 11.7. The number of hydrogen-bond acceptors (Lipinski definition) is 4. The summed E-state index contributed by atoms with van der Waals surface area (Å²) >= 11 is 5.11. The first-order chi connectivity index (χ1) is 9.13. The first kappa shape index (κ1) is 13.6. The molecule has 0 unspecified atom stereocenters. The number of carbonyl (C=O) groups is 1. The zero-order chi connectivity index (χ0) is 13.8. The molecule has 0 aromatic heterocycles. The minimum Gasteiger partial charge on any atom is -0.497 e. The van der Waals surface area contributed by atoms with Gasteiger partial charge in [-0.15, -0.1) is 0 Å². The van der Waals surface area contributed by atoms with E-state index in [1.54, 1.807) is 32.4 Å². The van der Waals surface area contributed by atoms with Crippen LogP contribution < -0.4 is 20.1 Å². The fourth-order valence-corrected chi connectivity index (χ4v) is 1.84. The summed E-state index contributed by atoms with van der Waals surface area (Å²) in [5, 5.41) is 5.88. The molecule has 1 saturated carbocycles. The van der Waals surface area contributed by atoms with Gasteiger partial charge in [-0.1, -0.05) is 0 Å². The van der Waals surface area contributed by atoms with Crippen molar-refractivity contribution in [2.45, 2.75) is 12.8 Å². The van der Waals surface area contributed by atoms with E-state index in [2.05, 4.69) is 10.6 Å². The van der Waals surface area contributed by atoms with E-state index < -0.39 is 0 Å². The van der Waals surface area contributed by atoms with Crippen molar-refractivity contribution in [3.8, 4) is 11.5 Å². The molecule has 19 heavy (non-hydrogen) atoms. The fourth-order valence-electron chi connectivity index (χ4n) is 1.62. The van der Waals surface area contributed by atoms with Gasteiger partial charge in [-0.25, -0.2) is 0 Å². The number of thiocarbonyl (C=S) groups is 1. The van der Waals surface area contributed by atoms with Crippen molar-refractivity contribution in [2.75, 3.05) is 19.5 Å². The van der Waals surface area contributed by atoms with Crippen LogP contribution in [-0.2, 0) is 4.79 Å². The summed E-state index contributed by atoms with van der Waals surface area (Å²) in [7, 11) is 3.15. The molecule has 1 amide bonds. The second-order valence-corrected chi connectivity index (χ2v) is 4.69. The Morgan fingerprint density at radius 1 is 1.32 bits per heavy atom. The minimum absolute atomic E-state index is 0.0284. The molecule has 2 rings (SSSR count). The van der Waals surface area contributed by atoms with Gasteiger partial charge in [0, 0.05) is 12.0 Å². The van der Waals surface area contributed by atoms with Crippen molar-refractivity contribution >= 4 is 28.9 Å². The molecule has 5 nitrogen and oxygen atoms in total. The van der Waals surface area contributed by atoms with Gasteiger partial charge in [-0.3, -0.25) is 4.79 Å². The topological polar surface area (TPSA) is 59.6 Å². The largest absolute Gasteiger partial charge is 0.497 e. The van der Waals surface area contributed by atoms with E-state index >= 15 is 0 Å². The molecule has 0 radical (unpaired) electrons. The van der Waals surface area contributed by atoms with Crippen LogP contribution in [0.15, 0.2) is 18.2 Å². The molecule has 0 heterocycles. The lowest BCUT2D eigenvalue weighted by molar-refractivity contribution is -0.120. The SMILES string of the molecule is COc1ccc(OC)c(NC(=S)NC(=O)C2CC2)c1. The van der Waals surface area contributed by atoms with Gasteiger partial charge in [0.25, 0.3) is 0 Å². The monoisotopic (exact) mass is 280 g/mol. The Bertz CT molecular complexity index is 501. The molecule has 0 atom stereocenters. The molecule has 1 aromatic carbocycles. The molecule has 0 spiro atoms. The predicted molar refractivity (Wildman–Crippen MR) is 76.6 cm³/mol. The Morgan fingerprint density at radius 2 is 2.05 bits per heavy atom. The minimum atomic E-state index is -0.0284. The average Bonchev–Trinajstić information content (AvgIpc) is 3.22. The summed E-state index contributed by atoms with van der Waals surface area (Å²) in [5.41, 5.74) is 0.656. The number of anilines is 1. The van der Waals surface area contributed by atoms with Gasteiger partial charge in [0.2, 0.25) is 5.91 Å². The van der Waals surface area contributed by atoms with Gasteiger partial charge in [0.1, 0.15) is 11.5 Å². The maximum Gasteiger partial charge on any atom is 0.229 e. The Balaban J connectivity index is 2.03. The van der Waals surface area contributed by atoms with Gasteiger partial charge in [0.15, 0.2) is 5.11 Å². The van der Waals surface area contributed by atoms with Crippen molar-refractivity contribution in [3.63, 3.8) is 0 Å². The van der Waals surface area contributed by atoms with Crippen molar-refractivity contribution < 1.29 is 14.3 Å². The van der Waals surface area contributed by atoms with Crippen LogP contribution in [0.4, 0.5) is 5.69 Å². The molecule has 1 aliphatic rings. The van der Waals surface area contributed by atoms with Gasteiger partial charge in [-0.05, 0) is 37.2 Å². The molecule has 6 heteroatoms. The van der Waals surface area contributed by atoms with Crippen LogP contribution in [0.5, 0.6) is 11.5 Å². The number of methoxy groups -OCH3 is 2. The Morgan fingerprint density at radius 3 is 2.63 bits per heavy atom. The Labute approximate surface area is 117 Å². The number of nitrogens with one attached hydrogen (secondary N) is 2. The fraction of sp³-hybridized carbons (Fsp3) is 0.385. The summed E-state index contributed by atoms with van der Waals surface area (Å²) < 4.78 is 10.4. The van der Waals surface area contributed by atoms with E-state index in [0.717, 1.165) is 12.8 Å². The first-order valence-electron chi connectivity index (χ1n) is 5.98. The van der Waals surface area contributed by atoms with Gasteiger partial charge < -0.3 is 20.1 Å². The van der Waals surface area contributed by atoms with Crippen molar-refractivity contribution in [2.24, 2.45) is 5.92 Å². The van der Waals surface area contributed by atoms with E-state index in [1.165, 1.54) is 0 Å². The molecule has 1 fully saturated rings. The van der Waals surface area contributed by atoms with Crippen LogP contribution in [0.2, 0.25) is 0 Å². The molecule has 0 aliphatic heterocycles. The zero-order valence-electron chi connectivity index (χ0n) is 10.9. The lowest BCUT2D eigenvalue weighted by atomic mass is 10.2. The second kappa shape index (κ2) is 5.88. The van der Waals surface area contributed by atoms with Crippen LogP contribution in [0.1, 0.15) is 12.8 Å². The quantitative estimate of drug-likeness (QED) is 0.825. The van der Waals surface area contributed by atoms with E-state index in [0.29, 0.717) is 17.2 Å². The third-order valence-electron chi connectivity index (χ3n) is 2.84. The molecule has 1 aliphatic carbocycles. The average molecular weight is 280 g/mol. The third-order valence-corrected chi connectivity index (χ3v) is 3.04. The van der Waals surface area contributed by atoms with Gasteiger partial charge >= 0.3 is 0 Å². The summed E-state index contributed by atoms with van der Waals surface area (Å²) in [6.45, 7) is 0. The van der Waals surface area contributed by atoms with Crippen LogP contribution >= 0.6 is 12.2 Å². The molecular formula is C13H16N2O3S. The Kier molecular flexibility index (Phi) is 4.21. The van der Waals surface area contributed by atoms with Crippen LogP contribution in [-0.4, -0.2) is 25.2 Å². The highest BCUT2D eigenvalue weighted by Crippen LogP contribution is 2.30. The number of carbonyl (C=O) groups excluding carboxylic acids is 1. The molecule has 0 bridgehead atoms. The predicted octanol–water partition coefficient (Wildman–Crippen LogP) is 1.93. The van der Waals surface area contributed by atoms with Crippen molar-refractivity contribution in [3.05, 3.63) is 18.2 Å². The molecular weight excluding hydrogens is 264 g/mol. The smallest absolute Gasteiger partial charge is 0.229 e. The van der Waals surface area contributed by atoms with Crippen LogP contribution in [0.3, 0.4) is 0 Å². The second-order valence-electron chi connectivity index (χ2n) is 4.28. The van der Waals surface area contributed by atoms with Crippen molar-refractivity contribution in [1.29, 1.82) is 0 Å². The summed E-state index contributed by atoms with van der Waals surface area (Å²) in [6, 6.07) is 5.32. The highest BCUT2D eigenvalue weighted by atomic mass is 32.1. The molecule has 0 saturated heterocycles. The standard InChI is InChI=1S/C13H16N2O3S/c1-17-9-5-6-11(18-2)10(7-9)14-13(19)15-12(16)8-3-4-8/h5-8H,3-4H2,1-2H3,(H2,14,15,16,19). The first-order valence-corrected chi connectivity index (χ1v) is 6.38. The number of amides is 1. The summed E-state index contributed by atoms with van der Waals surface area (Å²) in [6.07, 6.45) is 1.88. The summed E-state index contributed by atoms with van der Waals surface area (Å²) in [4.78, 5) is 11.6. The van der Waals surface area contributed by atoms with E-state index in [-0.39, 0.29) is 16.9 Å². The normalized spacial score (nSPS) is 13.6. The maximum absolute atomic E-state index is 11.6. The van der Waals surface area contributed by atoms with Crippen LogP contribution in [0.25, 0.3) is 0 Å². The molecule has 1 aromatic rings. The van der Waals surface area contributed by atoms with Crippen molar-refractivity contribution in [1.82, 2.24) is 5.32 Å². The van der Waals surface area contributed by atoms with E-state index in [1.807, 2.05) is 0 Å². The Hall–Kier alpha value is -1.82. The number of benzene rings is 1. The van der Waals surface area contributed by atoms with E-state index in [4.69, 9.17) is 21.7 Å². The maximum atomic E-state index is 11.6. The van der Waals surface area contributed by atoms with E-state index in [9.17, 15) is 4.79 Å². The third kappa shape index (κ3) is 3.57.